The number of aliphatic hydroxyl groups is 6. The fraction of sp³-hybridized carbons (Fsp3) is 0.690. The predicted molar refractivity (Wildman–Crippen MR) is 190 cm³/mol. The fourth-order valence-electron chi connectivity index (χ4n) is 13.8. The molecule has 0 aromatic heterocycles. The van der Waals surface area contributed by atoms with Crippen LogP contribution >= 0.6 is 0 Å². The van der Waals surface area contributed by atoms with Crippen LogP contribution in [0.1, 0.15) is 91.9 Å². The number of fused-ring (bicyclic) bond motifs is 10. The third-order valence-corrected chi connectivity index (χ3v) is 16.5. The summed E-state index contributed by atoms with van der Waals surface area (Å²) in [6.45, 7) is 7.81. The number of allylic oxidation sites excluding steroid dienone is 8. The lowest BCUT2D eigenvalue weighted by Gasteiger charge is -2.59. The molecule has 53 heavy (non-hydrogen) atoms. The van der Waals surface area contributed by atoms with Crippen molar-refractivity contribution in [3.63, 3.8) is 0 Å². The predicted octanol–water partition coefficient (Wildman–Crippen LogP) is 2.64. The van der Waals surface area contributed by atoms with Gasteiger partial charge in [0.2, 0.25) is 17.9 Å². The standard InChI is InChI=1S/C21H28O6.C21H26O5/c1-19-7-5-12(22)9-11(19)3-4-13-14-6-8-21(27,17(24)18(25)26)20(14,2)10-15(23)16(13)19;1-19-7-5-13(23)9-12(19)3-4-14-15-6-8-21(26,17(25)11-22)20(15,2)10-16(24)18(14)19/h5,7,9,13-16,18,23,25-27H,3-4,6,8,10H2,1-2H3;5,7,9,11,14-16,18,24,26H,3-4,6,8,10H2,1-2H3/t13-,14-,15-,16+,19-,20-,21-;14-,15-,16-,18+,19-,20-,21-/m00/s1. The maximum atomic E-state index is 12.4. The molecular formula is C42H54O11. The molecule has 14 atom stereocenters. The van der Waals surface area contributed by atoms with Gasteiger partial charge in [-0.25, -0.2) is 0 Å². The van der Waals surface area contributed by atoms with Crippen LogP contribution in [0.4, 0.5) is 0 Å². The quantitative estimate of drug-likeness (QED) is 0.141. The number of rotatable bonds is 4. The van der Waals surface area contributed by atoms with E-state index in [0.29, 0.717) is 19.3 Å². The molecule has 0 aromatic rings. The molecule has 288 valence electrons. The van der Waals surface area contributed by atoms with E-state index < -0.39 is 57.5 Å². The summed E-state index contributed by atoms with van der Waals surface area (Å²) in [6.07, 6.45) is 12.4. The van der Waals surface area contributed by atoms with Gasteiger partial charge in [-0.05, 0) is 112 Å². The van der Waals surface area contributed by atoms with E-state index in [9.17, 15) is 54.6 Å². The fourth-order valence-corrected chi connectivity index (χ4v) is 13.8. The van der Waals surface area contributed by atoms with E-state index in [4.69, 9.17) is 0 Å². The van der Waals surface area contributed by atoms with Crippen LogP contribution in [-0.4, -0.2) is 89.8 Å². The summed E-state index contributed by atoms with van der Waals surface area (Å²) in [7, 11) is 0. The largest absolute Gasteiger partial charge is 0.393 e. The summed E-state index contributed by atoms with van der Waals surface area (Å²) >= 11 is 0. The van der Waals surface area contributed by atoms with E-state index in [1.807, 2.05) is 19.1 Å². The molecule has 6 N–H and O–H groups in total. The van der Waals surface area contributed by atoms with Gasteiger partial charge in [-0.1, -0.05) is 51.0 Å². The molecule has 8 rings (SSSR count). The maximum Gasteiger partial charge on any atom is 0.227 e. The van der Waals surface area contributed by atoms with Crippen LogP contribution in [0.15, 0.2) is 47.6 Å². The number of ketones is 4. The first-order chi connectivity index (χ1) is 24.7. The van der Waals surface area contributed by atoms with Gasteiger partial charge >= 0.3 is 0 Å². The number of Topliss-reactive ketones (excluding diaryl/α,β-unsaturated/α-hetero) is 2. The van der Waals surface area contributed by atoms with Gasteiger partial charge in [-0.3, -0.25) is 24.0 Å². The minimum atomic E-state index is -2.22. The lowest BCUT2D eigenvalue weighted by atomic mass is 9.46. The first-order valence-electron chi connectivity index (χ1n) is 19.3. The van der Waals surface area contributed by atoms with Gasteiger partial charge in [0.05, 0.1) is 12.2 Å². The monoisotopic (exact) mass is 734 g/mol. The minimum Gasteiger partial charge on any atom is -0.393 e. The molecule has 8 aliphatic rings. The first-order valence-corrected chi connectivity index (χ1v) is 19.3. The van der Waals surface area contributed by atoms with Crippen LogP contribution in [0.5, 0.6) is 0 Å². The maximum absolute atomic E-state index is 12.4. The number of aliphatic hydroxyl groups excluding tert-OH is 3. The summed E-state index contributed by atoms with van der Waals surface area (Å²) < 4.78 is 0. The Morgan fingerprint density at radius 1 is 0.717 bits per heavy atom. The molecule has 0 heterocycles. The zero-order valence-corrected chi connectivity index (χ0v) is 31.0. The van der Waals surface area contributed by atoms with E-state index in [-0.39, 0.29) is 78.0 Å². The van der Waals surface area contributed by atoms with Gasteiger partial charge in [-0.2, -0.15) is 0 Å². The Labute approximate surface area is 309 Å². The lowest BCUT2D eigenvalue weighted by molar-refractivity contribution is -0.194. The SMILES string of the molecule is C[C@]12C=CC(=O)C=C1CC[C@@H]1[C@@H]2[C@@H](O)C[C@@]2(C)[C@H]1CC[C@]2(O)C(=O)C(O)O.C[C@]12C=CC(=O)C=C1CC[C@@H]1[C@@H]2[C@@H](O)C[C@@]2(C)[C@H]1CC[C@]2(O)C(=O)C=O. The minimum absolute atomic E-state index is 0.00196. The Morgan fingerprint density at radius 3 is 1.55 bits per heavy atom. The molecule has 0 saturated heterocycles. The van der Waals surface area contributed by atoms with Crippen LogP contribution in [0.25, 0.3) is 0 Å². The molecule has 6 saturated carbocycles. The van der Waals surface area contributed by atoms with E-state index in [1.54, 1.807) is 31.2 Å². The van der Waals surface area contributed by atoms with Gasteiger partial charge < -0.3 is 30.6 Å². The van der Waals surface area contributed by atoms with Crippen molar-refractivity contribution in [3.05, 3.63) is 47.6 Å². The Hall–Kier alpha value is -2.93. The summed E-state index contributed by atoms with van der Waals surface area (Å²) in [6, 6.07) is 0. The second-order valence-corrected chi connectivity index (χ2v) is 18.4. The molecule has 0 radical (unpaired) electrons. The van der Waals surface area contributed by atoms with Crippen molar-refractivity contribution in [3.8, 4) is 0 Å². The number of hydrogen-bond acceptors (Lipinski definition) is 11. The third-order valence-electron chi connectivity index (χ3n) is 16.5. The van der Waals surface area contributed by atoms with Crippen LogP contribution in [-0.2, 0) is 24.0 Å². The van der Waals surface area contributed by atoms with Gasteiger partial charge in [-0.15, -0.1) is 0 Å². The summed E-state index contributed by atoms with van der Waals surface area (Å²) in [5.74, 6) is -1.56. The Bertz CT molecular complexity index is 1760. The van der Waals surface area contributed by atoms with Gasteiger partial charge in [0.15, 0.2) is 17.9 Å². The van der Waals surface area contributed by atoms with Gasteiger partial charge in [0, 0.05) is 33.5 Å². The topological polar surface area (TPSA) is 207 Å². The van der Waals surface area contributed by atoms with Gasteiger partial charge in [0.1, 0.15) is 11.2 Å². The van der Waals surface area contributed by atoms with Crippen LogP contribution in [0, 0.1) is 57.2 Å². The number of carbonyl (C=O) groups is 5. The Balaban J connectivity index is 0.000000164. The molecule has 6 fully saturated rings. The van der Waals surface area contributed by atoms with E-state index in [1.165, 1.54) is 0 Å². The average Bonchev–Trinajstić information content (AvgIpc) is 3.53. The molecule has 0 amide bonds. The average molecular weight is 735 g/mol. The first kappa shape index (κ1) is 38.3. The van der Waals surface area contributed by atoms with Gasteiger partial charge in [0.25, 0.3) is 0 Å². The summed E-state index contributed by atoms with van der Waals surface area (Å²) in [5, 5.41) is 63.3. The number of aldehydes is 1. The molecule has 0 aliphatic heterocycles. The van der Waals surface area contributed by atoms with Crippen LogP contribution < -0.4 is 0 Å². The molecule has 0 unspecified atom stereocenters. The van der Waals surface area contributed by atoms with E-state index in [0.717, 1.165) is 36.8 Å². The highest BCUT2D eigenvalue weighted by atomic mass is 16.5. The molecule has 11 nitrogen and oxygen atoms in total. The van der Waals surface area contributed by atoms with E-state index >= 15 is 0 Å². The van der Waals surface area contributed by atoms with Crippen LogP contribution in [0.3, 0.4) is 0 Å². The van der Waals surface area contributed by atoms with Crippen molar-refractivity contribution in [1.82, 2.24) is 0 Å². The highest BCUT2D eigenvalue weighted by Crippen LogP contribution is 2.68. The van der Waals surface area contributed by atoms with Crippen molar-refractivity contribution < 1.29 is 54.6 Å². The smallest absolute Gasteiger partial charge is 0.227 e. The highest BCUT2D eigenvalue weighted by molar-refractivity contribution is 6.29. The molecule has 0 spiro atoms. The van der Waals surface area contributed by atoms with Crippen molar-refractivity contribution in [2.45, 2.75) is 122 Å². The molecule has 8 aliphatic carbocycles. The highest BCUT2D eigenvalue weighted by Gasteiger charge is 2.70. The zero-order chi connectivity index (χ0) is 38.7. The normalized spacial score (nSPS) is 49.2. The molecule has 11 heteroatoms. The zero-order valence-electron chi connectivity index (χ0n) is 31.0. The molecule has 0 bridgehead atoms. The van der Waals surface area contributed by atoms with Crippen molar-refractivity contribution in [2.75, 3.05) is 0 Å². The number of hydrogen-bond donors (Lipinski definition) is 6. The Kier molecular flexibility index (Phi) is 9.08. The summed E-state index contributed by atoms with van der Waals surface area (Å²) in [4.78, 5) is 59.4. The summed E-state index contributed by atoms with van der Waals surface area (Å²) in [5.41, 5.74) is -3.86. The van der Waals surface area contributed by atoms with Crippen LogP contribution in [0.2, 0.25) is 0 Å². The molecule has 0 aromatic carbocycles. The third kappa shape index (κ3) is 5.17. The molecular weight excluding hydrogens is 680 g/mol. The van der Waals surface area contributed by atoms with E-state index in [2.05, 4.69) is 13.8 Å². The second kappa shape index (κ2) is 12.5. The van der Waals surface area contributed by atoms with Crippen molar-refractivity contribution >= 4 is 29.4 Å². The van der Waals surface area contributed by atoms with Crippen molar-refractivity contribution in [2.24, 2.45) is 57.2 Å². The number of carbonyl (C=O) groups excluding carboxylic acids is 5. The van der Waals surface area contributed by atoms with Crippen molar-refractivity contribution in [1.29, 1.82) is 0 Å². The second-order valence-electron chi connectivity index (χ2n) is 18.4. The Morgan fingerprint density at radius 2 is 1.13 bits per heavy atom. The lowest BCUT2D eigenvalue weighted by Crippen LogP contribution is -2.62.